The van der Waals surface area contributed by atoms with Gasteiger partial charge in [0, 0.05) is 25.7 Å². The maximum absolute atomic E-state index is 12.8. The number of benzene rings is 1. The molecule has 0 aliphatic carbocycles. The molecule has 2 heterocycles. The van der Waals surface area contributed by atoms with Crippen molar-refractivity contribution in [3.8, 4) is 0 Å². The fourth-order valence-electron chi connectivity index (χ4n) is 3.61. The number of likely N-dealkylation sites (tertiary alicyclic amines) is 1. The lowest BCUT2D eigenvalue weighted by molar-refractivity contribution is 0.0205. The number of imidazole rings is 1. The summed E-state index contributed by atoms with van der Waals surface area (Å²) in [5, 5.41) is 0. The Morgan fingerprint density at radius 2 is 2.03 bits per heavy atom. The molecule has 1 aliphatic heterocycles. The third-order valence-corrected chi connectivity index (χ3v) is 7.33. The van der Waals surface area contributed by atoms with E-state index in [9.17, 15) is 4.79 Å². The summed E-state index contributed by atoms with van der Waals surface area (Å²) in [5.41, 5.74) is 1.41. The Balaban J connectivity index is 1.89. The van der Waals surface area contributed by atoms with E-state index in [4.69, 9.17) is 14.5 Å². The maximum atomic E-state index is 12.8. The summed E-state index contributed by atoms with van der Waals surface area (Å²) >= 11 is 3.57. The standard InChI is InChI=1S/C22H34BrN3O3Si/c1-22(2,3)29-21(27)25-11-7-8-18(25)20-24-17-10-9-16(23)14-19(17)26(20)15-28-12-13-30(4,5)6/h9-10,14,18H,7-8,11-13,15H2,1-6H3. The van der Waals surface area contributed by atoms with Crippen LogP contribution in [-0.4, -0.2) is 47.4 Å². The van der Waals surface area contributed by atoms with Gasteiger partial charge in [0.1, 0.15) is 18.2 Å². The fraction of sp³-hybridized carbons (Fsp3) is 0.636. The molecule has 1 aliphatic rings. The maximum Gasteiger partial charge on any atom is 0.410 e. The zero-order valence-electron chi connectivity index (χ0n) is 19.0. The lowest BCUT2D eigenvalue weighted by Gasteiger charge is -2.28. The van der Waals surface area contributed by atoms with Gasteiger partial charge in [-0.15, -0.1) is 0 Å². The molecule has 3 rings (SSSR count). The van der Waals surface area contributed by atoms with Crippen molar-refractivity contribution in [2.24, 2.45) is 0 Å². The topological polar surface area (TPSA) is 56.6 Å². The SMILES string of the molecule is CC(C)(C)OC(=O)N1CCCC1c1nc2ccc(Br)cc2n1COCC[Si](C)(C)C. The molecule has 0 saturated carbocycles. The van der Waals surface area contributed by atoms with E-state index in [0.717, 1.165) is 46.8 Å². The van der Waals surface area contributed by atoms with Gasteiger partial charge in [-0.25, -0.2) is 9.78 Å². The van der Waals surface area contributed by atoms with E-state index in [1.807, 2.05) is 37.8 Å². The van der Waals surface area contributed by atoms with Crippen LogP contribution in [0.4, 0.5) is 4.79 Å². The van der Waals surface area contributed by atoms with Gasteiger partial charge in [-0.2, -0.15) is 0 Å². The summed E-state index contributed by atoms with van der Waals surface area (Å²) in [7, 11) is -1.16. The van der Waals surface area contributed by atoms with E-state index < -0.39 is 13.7 Å². The number of fused-ring (bicyclic) bond motifs is 1. The van der Waals surface area contributed by atoms with Crippen LogP contribution in [0.2, 0.25) is 25.7 Å². The van der Waals surface area contributed by atoms with Crippen molar-refractivity contribution in [3.63, 3.8) is 0 Å². The van der Waals surface area contributed by atoms with Crippen molar-refractivity contribution in [3.05, 3.63) is 28.5 Å². The largest absolute Gasteiger partial charge is 0.444 e. The van der Waals surface area contributed by atoms with Gasteiger partial charge in [-0.05, 0) is 57.9 Å². The summed E-state index contributed by atoms with van der Waals surface area (Å²) in [5.74, 6) is 0.875. The molecule has 2 aromatic rings. The van der Waals surface area contributed by atoms with Gasteiger partial charge in [0.15, 0.2) is 0 Å². The highest BCUT2D eigenvalue weighted by atomic mass is 79.9. The first kappa shape index (κ1) is 23.3. The number of aromatic nitrogens is 2. The first-order valence-corrected chi connectivity index (χ1v) is 15.2. The van der Waals surface area contributed by atoms with Crippen LogP contribution < -0.4 is 0 Å². The monoisotopic (exact) mass is 495 g/mol. The molecule has 1 aromatic carbocycles. The molecule has 0 N–H and O–H groups in total. The zero-order chi connectivity index (χ0) is 22.1. The van der Waals surface area contributed by atoms with Crippen LogP contribution >= 0.6 is 15.9 Å². The van der Waals surface area contributed by atoms with E-state index in [-0.39, 0.29) is 12.1 Å². The fourth-order valence-corrected chi connectivity index (χ4v) is 4.72. The number of nitrogens with zero attached hydrogens (tertiary/aromatic N) is 3. The van der Waals surface area contributed by atoms with Gasteiger partial charge >= 0.3 is 6.09 Å². The Morgan fingerprint density at radius 3 is 2.70 bits per heavy atom. The first-order chi connectivity index (χ1) is 13.9. The second-order valence-electron chi connectivity index (χ2n) is 10.2. The summed E-state index contributed by atoms with van der Waals surface area (Å²) in [6.45, 7) is 14.6. The number of ether oxygens (including phenoxy) is 2. The van der Waals surface area contributed by atoms with Crippen LogP contribution in [0.5, 0.6) is 0 Å². The van der Waals surface area contributed by atoms with E-state index in [1.54, 1.807) is 0 Å². The Kier molecular flexibility index (Phi) is 6.99. The highest BCUT2D eigenvalue weighted by molar-refractivity contribution is 9.10. The van der Waals surface area contributed by atoms with Gasteiger partial charge in [0.05, 0.1) is 17.1 Å². The Hall–Kier alpha value is -1.38. The normalized spacial score (nSPS) is 17.7. The summed E-state index contributed by atoms with van der Waals surface area (Å²) < 4.78 is 14.9. The summed E-state index contributed by atoms with van der Waals surface area (Å²) in [6.07, 6.45) is 1.54. The lowest BCUT2D eigenvalue weighted by Crippen LogP contribution is -2.37. The molecular formula is C22H34BrN3O3Si. The van der Waals surface area contributed by atoms with Gasteiger partial charge in [-0.3, -0.25) is 4.90 Å². The van der Waals surface area contributed by atoms with Crippen LogP contribution in [-0.2, 0) is 16.2 Å². The van der Waals surface area contributed by atoms with Crippen molar-refractivity contribution >= 4 is 41.1 Å². The number of hydrogen-bond acceptors (Lipinski definition) is 4. The molecule has 0 spiro atoms. The number of carbonyl (C=O) groups is 1. The molecule has 0 bridgehead atoms. The molecule has 6 nitrogen and oxygen atoms in total. The van der Waals surface area contributed by atoms with Gasteiger partial charge < -0.3 is 14.0 Å². The molecule has 8 heteroatoms. The third kappa shape index (κ3) is 5.86. The van der Waals surface area contributed by atoms with Crippen molar-refractivity contribution in [1.82, 2.24) is 14.5 Å². The minimum Gasteiger partial charge on any atom is -0.444 e. The molecule has 30 heavy (non-hydrogen) atoms. The molecule has 1 saturated heterocycles. The number of hydrogen-bond donors (Lipinski definition) is 0. The van der Waals surface area contributed by atoms with E-state index in [0.29, 0.717) is 13.3 Å². The average Bonchev–Trinajstić information content (AvgIpc) is 3.20. The molecule has 1 fully saturated rings. The van der Waals surface area contributed by atoms with Crippen LogP contribution in [0.25, 0.3) is 11.0 Å². The Bertz CT molecular complexity index is 901. The van der Waals surface area contributed by atoms with Crippen LogP contribution in [0.3, 0.4) is 0 Å². The van der Waals surface area contributed by atoms with Crippen molar-refractivity contribution in [1.29, 1.82) is 0 Å². The second-order valence-corrected chi connectivity index (χ2v) is 16.7. The number of rotatable bonds is 6. The quantitative estimate of drug-likeness (QED) is 0.354. The number of halogens is 1. The van der Waals surface area contributed by atoms with Gasteiger partial charge in [0.2, 0.25) is 0 Å². The number of carbonyl (C=O) groups excluding carboxylic acids is 1. The minimum absolute atomic E-state index is 0.105. The molecule has 1 atom stereocenters. The van der Waals surface area contributed by atoms with Crippen molar-refractivity contribution in [2.75, 3.05) is 13.2 Å². The summed E-state index contributed by atoms with van der Waals surface area (Å²) in [4.78, 5) is 19.6. The molecular weight excluding hydrogens is 462 g/mol. The van der Waals surface area contributed by atoms with Gasteiger partial charge in [0.25, 0.3) is 0 Å². The first-order valence-electron chi connectivity index (χ1n) is 10.7. The second kappa shape index (κ2) is 9.00. The van der Waals surface area contributed by atoms with Crippen LogP contribution in [0.15, 0.2) is 22.7 Å². The number of amides is 1. The molecule has 1 unspecified atom stereocenters. The van der Waals surface area contributed by atoms with Crippen LogP contribution in [0, 0.1) is 0 Å². The third-order valence-electron chi connectivity index (χ3n) is 5.14. The van der Waals surface area contributed by atoms with Gasteiger partial charge in [-0.1, -0.05) is 35.6 Å². The van der Waals surface area contributed by atoms with E-state index >= 15 is 0 Å². The van der Waals surface area contributed by atoms with Crippen molar-refractivity contribution in [2.45, 2.75) is 77.7 Å². The van der Waals surface area contributed by atoms with E-state index in [2.05, 4.69) is 46.2 Å². The highest BCUT2D eigenvalue weighted by Gasteiger charge is 2.36. The predicted octanol–water partition coefficient (Wildman–Crippen LogP) is 6.18. The predicted molar refractivity (Wildman–Crippen MR) is 126 cm³/mol. The molecule has 1 aromatic heterocycles. The molecule has 0 radical (unpaired) electrons. The Morgan fingerprint density at radius 1 is 1.30 bits per heavy atom. The lowest BCUT2D eigenvalue weighted by atomic mass is 10.2. The zero-order valence-corrected chi connectivity index (χ0v) is 21.6. The molecule has 166 valence electrons. The van der Waals surface area contributed by atoms with Crippen LogP contribution in [0.1, 0.15) is 45.5 Å². The van der Waals surface area contributed by atoms with Crippen molar-refractivity contribution < 1.29 is 14.3 Å². The smallest absolute Gasteiger partial charge is 0.410 e. The highest BCUT2D eigenvalue weighted by Crippen LogP contribution is 2.35. The van der Waals surface area contributed by atoms with E-state index in [1.165, 1.54) is 0 Å². The summed E-state index contributed by atoms with van der Waals surface area (Å²) in [6, 6.07) is 7.09. The minimum atomic E-state index is -1.16. The molecule has 1 amide bonds. The average molecular weight is 497 g/mol. The Labute approximate surface area is 189 Å².